The molecule has 1 unspecified atom stereocenters. The van der Waals surface area contributed by atoms with E-state index in [1.807, 2.05) is 42.2 Å². The Morgan fingerprint density at radius 3 is 3.00 bits per heavy atom. The molecule has 0 N–H and O–H groups in total. The predicted octanol–water partition coefficient (Wildman–Crippen LogP) is 3.37. The summed E-state index contributed by atoms with van der Waals surface area (Å²) >= 11 is 0. The molecule has 4 rings (SSSR count). The van der Waals surface area contributed by atoms with Crippen molar-refractivity contribution < 1.29 is 4.42 Å². The first-order chi connectivity index (χ1) is 11.8. The van der Waals surface area contributed by atoms with Crippen LogP contribution in [0.2, 0.25) is 0 Å². The predicted molar refractivity (Wildman–Crippen MR) is 94.0 cm³/mol. The van der Waals surface area contributed by atoms with Crippen LogP contribution >= 0.6 is 0 Å². The molecular weight excluding hydrogens is 300 g/mol. The third kappa shape index (κ3) is 3.22. The zero-order valence-corrected chi connectivity index (χ0v) is 14.2. The summed E-state index contributed by atoms with van der Waals surface area (Å²) in [5.74, 6) is 1.46. The highest BCUT2D eigenvalue weighted by Crippen LogP contribution is 2.26. The Balaban J connectivity index is 1.31. The van der Waals surface area contributed by atoms with Gasteiger partial charge in [0, 0.05) is 37.8 Å². The monoisotopic (exact) mass is 324 g/mol. The van der Waals surface area contributed by atoms with E-state index in [4.69, 9.17) is 4.42 Å². The molecule has 0 bridgehead atoms. The molecule has 5 nitrogen and oxygen atoms in total. The van der Waals surface area contributed by atoms with E-state index >= 15 is 0 Å². The molecule has 0 aliphatic carbocycles. The molecule has 2 aromatic heterocycles. The van der Waals surface area contributed by atoms with Crippen molar-refractivity contribution in [1.29, 1.82) is 0 Å². The van der Waals surface area contributed by atoms with Crippen LogP contribution < -0.4 is 0 Å². The van der Waals surface area contributed by atoms with Crippen LogP contribution in [-0.4, -0.2) is 39.3 Å². The van der Waals surface area contributed by atoms with Gasteiger partial charge in [0.15, 0.2) is 11.5 Å². The summed E-state index contributed by atoms with van der Waals surface area (Å²) in [5, 5.41) is 4.32. The maximum atomic E-state index is 5.81. The standard InChI is InChI=1S/C19H24N4O/c1-22-17(10-11-20-22)15-6-4-12-23(14-15)13-5-9-19-21-16-7-2-3-8-18(16)24-19/h2-3,7-8,10-11,15H,4-6,9,12-14H2,1H3. The van der Waals surface area contributed by atoms with Crippen molar-refractivity contribution in [3.8, 4) is 0 Å². The highest BCUT2D eigenvalue weighted by atomic mass is 16.3. The van der Waals surface area contributed by atoms with Crippen LogP contribution in [0.25, 0.3) is 11.1 Å². The van der Waals surface area contributed by atoms with Crippen LogP contribution in [-0.2, 0) is 13.5 Å². The van der Waals surface area contributed by atoms with E-state index in [1.54, 1.807) is 0 Å². The van der Waals surface area contributed by atoms with Gasteiger partial charge in [-0.25, -0.2) is 4.98 Å². The summed E-state index contributed by atoms with van der Waals surface area (Å²) in [4.78, 5) is 7.14. The van der Waals surface area contributed by atoms with Gasteiger partial charge >= 0.3 is 0 Å². The molecule has 1 aromatic carbocycles. The van der Waals surface area contributed by atoms with E-state index in [2.05, 4.69) is 21.0 Å². The number of nitrogens with zero attached hydrogens (tertiary/aromatic N) is 4. The molecule has 0 radical (unpaired) electrons. The van der Waals surface area contributed by atoms with E-state index in [1.165, 1.54) is 25.1 Å². The summed E-state index contributed by atoms with van der Waals surface area (Å²) in [6, 6.07) is 10.1. The van der Waals surface area contributed by atoms with E-state index in [9.17, 15) is 0 Å². The molecule has 0 saturated carbocycles. The highest BCUT2D eigenvalue weighted by Gasteiger charge is 2.23. The largest absolute Gasteiger partial charge is 0.441 e. The second-order valence-electron chi connectivity index (χ2n) is 6.70. The molecule has 1 aliphatic rings. The Bertz CT molecular complexity index is 773. The first-order valence-corrected chi connectivity index (χ1v) is 8.84. The lowest BCUT2D eigenvalue weighted by molar-refractivity contribution is 0.201. The summed E-state index contributed by atoms with van der Waals surface area (Å²) in [6.07, 6.45) is 6.42. The van der Waals surface area contributed by atoms with Gasteiger partial charge in [-0.1, -0.05) is 12.1 Å². The van der Waals surface area contributed by atoms with Crippen LogP contribution in [0.4, 0.5) is 0 Å². The van der Waals surface area contributed by atoms with Gasteiger partial charge in [-0.05, 0) is 50.6 Å². The van der Waals surface area contributed by atoms with E-state index in [0.717, 1.165) is 42.9 Å². The van der Waals surface area contributed by atoms with E-state index in [-0.39, 0.29) is 0 Å². The van der Waals surface area contributed by atoms with E-state index < -0.39 is 0 Å². The minimum Gasteiger partial charge on any atom is -0.441 e. The minimum atomic E-state index is 0.607. The van der Waals surface area contributed by atoms with Crippen molar-refractivity contribution in [2.75, 3.05) is 19.6 Å². The molecule has 1 atom stereocenters. The lowest BCUT2D eigenvalue weighted by Crippen LogP contribution is -2.35. The van der Waals surface area contributed by atoms with Crippen LogP contribution in [0.15, 0.2) is 40.9 Å². The number of para-hydroxylation sites is 2. The molecule has 5 heteroatoms. The second-order valence-corrected chi connectivity index (χ2v) is 6.70. The maximum absolute atomic E-state index is 5.81. The fourth-order valence-electron chi connectivity index (χ4n) is 3.77. The number of fused-ring (bicyclic) bond motifs is 1. The minimum absolute atomic E-state index is 0.607. The molecule has 3 aromatic rings. The third-order valence-electron chi connectivity index (χ3n) is 4.99. The first kappa shape index (κ1) is 15.4. The Morgan fingerprint density at radius 2 is 2.17 bits per heavy atom. The topological polar surface area (TPSA) is 47.1 Å². The smallest absolute Gasteiger partial charge is 0.195 e. The lowest BCUT2D eigenvalue weighted by Gasteiger charge is -2.32. The average Bonchev–Trinajstić information content (AvgIpc) is 3.20. The first-order valence-electron chi connectivity index (χ1n) is 8.84. The molecule has 1 aliphatic heterocycles. The lowest BCUT2D eigenvalue weighted by atomic mass is 9.94. The van der Waals surface area contributed by atoms with Gasteiger partial charge < -0.3 is 9.32 Å². The van der Waals surface area contributed by atoms with Crippen molar-refractivity contribution in [3.63, 3.8) is 0 Å². The molecule has 0 spiro atoms. The normalized spacial score (nSPS) is 19.1. The van der Waals surface area contributed by atoms with Gasteiger partial charge in [0.1, 0.15) is 5.52 Å². The molecule has 126 valence electrons. The quantitative estimate of drug-likeness (QED) is 0.722. The summed E-state index contributed by atoms with van der Waals surface area (Å²) < 4.78 is 7.83. The zero-order chi connectivity index (χ0) is 16.4. The fourth-order valence-corrected chi connectivity index (χ4v) is 3.77. The molecule has 1 fully saturated rings. The van der Waals surface area contributed by atoms with Crippen molar-refractivity contribution in [2.45, 2.75) is 31.6 Å². The summed E-state index contributed by atoms with van der Waals surface area (Å²) in [7, 11) is 2.04. The Kier molecular flexibility index (Phi) is 4.34. The van der Waals surface area contributed by atoms with Crippen molar-refractivity contribution in [3.05, 3.63) is 48.1 Å². The highest BCUT2D eigenvalue weighted by molar-refractivity contribution is 5.72. The Labute approximate surface area is 142 Å². The van der Waals surface area contributed by atoms with E-state index in [0.29, 0.717) is 5.92 Å². The number of benzene rings is 1. The number of piperidine rings is 1. The zero-order valence-electron chi connectivity index (χ0n) is 14.2. The summed E-state index contributed by atoms with van der Waals surface area (Å²) in [5.41, 5.74) is 3.21. The second kappa shape index (κ2) is 6.77. The SMILES string of the molecule is Cn1nccc1C1CCCN(CCCc2nc3ccccc3o2)C1. The van der Waals surface area contributed by atoms with Crippen molar-refractivity contribution in [1.82, 2.24) is 19.7 Å². The molecule has 3 heterocycles. The van der Waals surface area contributed by atoms with Crippen molar-refractivity contribution >= 4 is 11.1 Å². The van der Waals surface area contributed by atoms with Gasteiger partial charge in [-0.3, -0.25) is 4.68 Å². The third-order valence-corrected chi connectivity index (χ3v) is 4.99. The molecule has 24 heavy (non-hydrogen) atoms. The van der Waals surface area contributed by atoms with Crippen molar-refractivity contribution in [2.24, 2.45) is 7.05 Å². The van der Waals surface area contributed by atoms with Gasteiger partial charge in [-0.15, -0.1) is 0 Å². The van der Waals surface area contributed by atoms with Crippen LogP contribution in [0, 0.1) is 0 Å². The number of aromatic nitrogens is 3. The van der Waals surface area contributed by atoms with Crippen LogP contribution in [0.3, 0.4) is 0 Å². The number of hydrogen-bond acceptors (Lipinski definition) is 4. The van der Waals surface area contributed by atoms with Gasteiger partial charge in [0.2, 0.25) is 0 Å². The van der Waals surface area contributed by atoms with Crippen LogP contribution in [0.5, 0.6) is 0 Å². The number of oxazole rings is 1. The fraction of sp³-hybridized carbons (Fsp3) is 0.474. The number of aryl methyl sites for hydroxylation is 2. The number of hydrogen-bond donors (Lipinski definition) is 0. The maximum Gasteiger partial charge on any atom is 0.195 e. The molecular formula is C19H24N4O. The molecule has 0 amide bonds. The Morgan fingerprint density at radius 1 is 1.25 bits per heavy atom. The van der Waals surface area contributed by atoms with Gasteiger partial charge in [-0.2, -0.15) is 5.10 Å². The Hall–Kier alpha value is -2.14. The van der Waals surface area contributed by atoms with Crippen LogP contribution in [0.1, 0.15) is 36.8 Å². The van der Waals surface area contributed by atoms with Gasteiger partial charge in [0.25, 0.3) is 0 Å². The molecule has 1 saturated heterocycles. The van der Waals surface area contributed by atoms with Gasteiger partial charge in [0.05, 0.1) is 0 Å². The number of likely N-dealkylation sites (tertiary alicyclic amines) is 1. The average molecular weight is 324 g/mol. The summed E-state index contributed by atoms with van der Waals surface area (Å²) in [6.45, 7) is 3.43. The number of rotatable bonds is 5.